The Hall–Kier alpha value is -2.48. The van der Waals surface area contributed by atoms with Crippen LogP contribution in [0.15, 0.2) is 35.2 Å². The number of benzene rings is 2. The van der Waals surface area contributed by atoms with Gasteiger partial charge in [0.25, 0.3) is 0 Å². The molecule has 160 valence electrons. The van der Waals surface area contributed by atoms with Crippen molar-refractivity contribution in [2.75, 3.05) is 5.32 Å². The Labute approximate surface area is 179 Å². The molecule has 1 heterocycles. The van der Waals surface area contributed by atoms with Crippen molar-refractivity contribution in [3.05, 3.63) is 36.1 Å². The van der Waals surface area contributed by atoms with Gasteiger partial charge in [-0.25, -0.2) is 9.18 Å². The number of carbonyl (C=O) groups excluding carboxylic acids is 2. The van der Waals surface area contributed by atoms with Gasteiger partial charge in [0.05, 0.1) is 5.69 Å². The van der Waals surface area contributed by atoms with Crippen molar-refractivity contribution < 1.29 is 18.7 Å². The average Bonchev–Trinajstić information content (AvgIpc) is 3.26. The number of rotatable bonds is 3. The molecular formula is C22H26FN3O3S. The number of hydrogen-bond acceptors (Lipinski definition) is 5. The minimum absolute atomic E-state index is 0.0309. The molecule has 2 aromatic rings. The van der Waals surface area contributed by atoms with Gasteiger partial charge in [-0.1, -0.05) is 23.9 Å². The number of halogens is 1. The molecule has 0 saturated heterocycles. The van der Waals surface area contributed by atoms with Crippen LogP contribution in [0.3, 0.4) is 0 Å². The Bertz CT molecular complexity index is 991. The fourth-order valence-corrected chi connectivity index (χ4v) is 5.10. The van der Waals surface area contributed by atoms with Crippen molar-refractivity contribution in [3.8, 4) is 0 Å². The second-order valence-electron chi connectivity index (χ2n) is 8.81. The van der Waals surface area contributed by atoms with Crippen LogP contribution in [0, 0.1) is 11.7 Å². The molecule has 0 spiro atoms. The number of alkyl carbamates (subject to hydrolysis) is 1. The number of hydrogen-bond donors (Lipinski definition) is 3. The van der Waals surface area contributed by atoms with E-state index in [1.165, 1.54) is 23.9 Å². The fraction of sp³-hybridized carbons (Fsp3) is 0.455. The van der Waals surface area contributed by atoms with Gasteiger partial charge < -0.3 is 20.7 Å². The van der Waals surface area contributed by atoms with Crippen molar-refractivity contribution in [1.29, 1.82) is 0 Å². The van der Waals surface area contributed by atoms with E-state index in [0.717, 1.165) is 34.2 Å². The summed E-state index contributed by atoms with van der Waals surface area (Å²) in [7, 11) is 0. The summed E-state index contributed by atoms with van der Waals surface area (Å²) >= 11 is 1.52. The van der Waals surface area contributed by atoms with Crippen LogP contribution in [-0.2, 0) is 9.53 Å². The number of amides is 2. The van der Waals surface area contributed by atoms with Crippen LogP contribution in [0.2, 0.25) is 0 Å². The van der Waals surface area contributed by atoms with Crippen LogP contribution in [0.1, 0.15) is 40.0 Å². The Morgan fingerprint density at radius 3 is 2.73 bits per heavy atom. The Kier molecular flexibility index (Phi) is 5.53. The summed E-state index contributed by atoms with van der Waals surface area (Å²) in [6, 6.07) is 8.46. The number of nitrogens with one attached hydrogen (secondary N) is 3. The quantitative estimate of drug-likeness (QED) is 0.662. The van der Waals surface area contributed by atoms with Crippen molar-refractivity contribution >= 4 is 40.2 Å². The first kappa shape index (κ1) is 20.8. The molecule has 2 aromatic carbocycles. The summed E-state index contributed by atoms with van der Waals surface area (Å²) < 4.78 is 18.8. The summed E-state index contributed by atoms with van der Waals surface area (Å²) in [4.78, 5) is 25.7. The van der Waals surface area contributed by atoms with Gasteiger partial charge in [0.2, 0.25) is 5.91 Å². The summed E-state index contributed by atoms with van der Waals surface area (Å²) in [6.45, 7) is 5.46. The summed E-state index contributed by atoms with van der Waals surface area (Å²) in [5.74, 6) is -0.447. The van der Waals surface area contributed by atoms with E-state index in [2.05, 4.69) is 16.0 Å². The van der Waals surface area contributed by atoms with Gasteiger partial charge in [-0.3, -0.25) is 4.79 Å². The van der Waals surface area contributed by atoms with Crippen LogP contribution < -0.4 is 16.0 Å². The van der Waals surface area contributed by atoms with Crippen molar-refractivity contribution in [2.45, 2.75) is 62.1 Å². The Balaban J connectivity index is 1.33. The number of carbonyl (C=O) groups is 2. The van der Waals surface area contributed by atoms with Crippen LogP contribution in [-0.4, -0.2) is 29.1 Å². The zero-order valence-corrected chi connectivity index (χ0v) is 18.1. The molecular weight excluding hydrogens is 405 g/mol. The standard InChI is InChI=1S/C22H26FN3O3S/c1-22(2,3)29-21(28)24-15-7-4-13(11-15)19(27)26-20-25-17-9-5-12-10-14(23)6-8-16(12)18(17)30-20/h5-6,8-10,13,15,20,25H,4,7,11H2,1-3H3,(H,24,28)(H,26,27)/t13-,15+,20?/m0/s1. The normalized spacial score (nSPS) is 23.0. The zero-order valence-electron chi connectivity index (χ0n) is 17.3. The molecule has 6 nitrogen and oxygen atoms in total. The number of fused-ring (bicyclic) bond motifs is 3. The molecule has 0 radical (unpaired) electrons. The SMILES string of the molecule is CC(C)(C)OC(=O)N[C@@H]1CC[C@H](C(=O)NC2Nc3ccc4cc(F)ccc4c3S2)C1. The summed E-state index contributed by atoms with van der Waals surface area (Å²) in [5, 5.41) is 11.0. The molecule has 1 saturated carbocycles. The highest BCUT2D eigenvalue weighted by Gasteiger charge is 2.34. The lowest BCUT2D eigenvalue weighted by Crippen LogP contribution is -2.41. The van der Waals surface area contributed by atoms with E-state index < -0.39 is 11.7 Å². The van der Waals surface area contributed by atoms with Gasteiger partial charge in [0.1, 0.15) is 11.4 Å². The van der Waals surface area contributed by atoms with Gasteiger partial charge in [-0.15, -0.1) is 0 Å². The van der Waals surface area contributed by atoms with Crippen LogP contribution >= 0.6 is 11.8 Å². The number of anilines is 1. The van der Waals surface area contributed by atoms with E-state index in [-0.39, 0.29) is 29.2 Å². The van der Waals surface area contributed by atoms with Crippen LogP contribution in [0.25, 0.3) is 10.8 Å². The maximum Gasteiger partial charge on any atom is 0.407 e. The lowest BCUT2D eigenvalue weighted by atomic mass is 10.1. The molecule has 1 aliphatic heterocycles. The molecule has 1 fully saturated rings. The van der Waals surface area contributed by atoms with E-state index in [1.54, 1.807) is 6.07 Å². The molecule has 3 N–H and O–H groups in total. The highest BCUT2D eigenvalue weighted by atomic mass is 32.2. The first-order chi connectivity index (χ1) is 14.2. The monoisotopic (exact) mass is 431 g/mol. The molecule has 2 aliphatic rings. The highest BCUT2D eigenvalue weighted by molar-refractivity contribution is 8.00. The van der Waals surface area contributed by atoms with Crippen LogP contribution in [0.4, 0.5) is 14.9 Å². The van der Waals surface area contributed by atoms with Gasteiger partial charge in [0, 0.05) is 16.9 Å². The summed E-state index contributed by atoms with van der Waals surface area (Å²) in [6.07, 6.45) is 1.62. The molecule has 30 heavy (non-hydrogen) atoms. The van der Waals surface area contributed by atoms with Crippen molar-refractivity contribution in [1.82, 2.24) is 10.6 Å². The largest absolute Gasteiger partial charge is 0.444 e. The lowest BCUT2D eigenvalue weighted by molar-refractivity contribution is -0.124. The highest BCUT2D eigenvalue weighted by Crippen LogP contribution is 2.42. The maximum absolute atomic E-state index is 13.5. The molecule has 0 aromatic heterocycles. The number of thioether (sulfide) groups is 1. The third-order valence-electron chi connectivity index (χ3n) is 5.25. The lowest BCUT2D eigenvalue weighted by Gasteiger charge is -2.22. The van der Waals surface area contributed by atoms with E-state index in [9.17, 15) is 14.0 Å². The van der Waals surface area contributed by atoms with Crippen molar-refractivity contribution in [3.63, 3.8) is 0 Å². The first-order valence-electron chi connectivity index (χ1n) is 10.1. The van der Waals surface area contributed by atoms with E-state index in [0.29, 0.717) is 6.42 Å². The van der Waals surface area contributed by atoms with Gasteiger partial charge >= 0.3 is 6.09 Å². The number of ether oxygens (including phenoxy) is 1. The minimum Gasteiger partial charge on any atom is -0.444 e. The van der Waals surface area contributed by atoms with Gasteiger partial charge in [0.15, 0.2) is 5.50 Å². The fourth-order valence-electron chi connectivity index (χ4n) is 3.94. The third-order valence-corrected chi connectivity index (χ3v) is 6.40. The first-order valence-corrected chi connectivity index (χ1v) is 11.0. The maximum atomic E-state index is 13.5. The second-order valence-corrected chi connectivity index (χ2v) is 9.93. The Morgan fingerprint density at radius 1 is 1.17 bits per heavy atom. The van der Waals surface area contributed by atoms with E-state index in [4.69, 9.17) is 4.74 Å². The topological polar surface area (TPSA) is 79.5 Å². The van der Waals surface area contributed by atoms with Gasteiger partial charge in [-0.2, -0.15) is 0 Å². The molecule has 1 unspecified atom stereocenters. The van der Waals surface area contributed by atoms with E-state index in [1.807, 2.05) is 32.9 Å². The van der Waals surface area contributed by atoms with Gasteiger partial charge in [-0.05, 0) is 69.0 Å². The second kappa shape index (κ2) is 7.98. The Morgan fingerprint density at radius 2 is 1.97 bits per heavy atom. The minimum atomic E-state index is -0.546. The molecule has 4 rings (SSSR count). The molecule has 3 atom stereocenters. The molecule has 1 aliphatic carbocycles. The molecule has 0 bridgehead atoms. The average molecular weight is 432 g/mol. The van der Waals surface area contributed by atoms with E-state index >= 15 is 0 Å². The molecule has 2 amide bonds. The van der Waals surface area contributed by atoms with Crippen molar-refractivity contribution in [2.24, 2.45) is 5.92 Å². The third kappa shape index (κ3) is 4.64. The predicted molar refractivity (Wildman–Crippen MR) is 116 cm³/mol. The molecule has 8 heteroatoms. The smallest absolute Gasteiger partial charge is 0.407 e. The summed E-state index contributed by atoms with van der Waals surface area (Å²) in [5.41, 5.74) is 0.108. The predicted octanol–water partition coefficient (Wildman–Crippen LogP) is 4.59. The van der Waals surface area contributed by atoms with Crippen LogP contribution in [0.5, 0.6) is 0 Å². The zero-order chi connectivity index (χ0) is 21.5.